The van der Waals surface area contributed by atoms with Crippen molar-refractivity contribution in [1.82, 2.24) is 4.90 Å². The van der Waals surface area contributed by atoms with Gasteiger partial charge in [-0.3, -0.25) is 9.69 Å². The van der Waals surface area contributed by atoms with Gasteiger partial charge < -0.3 is 9.64 Å². The Morgan fingerprint density at radius 1 is 1.40 bits per heavy atom. The van der Waals surface area contributed by atoms with Gasteiger partial charge in [0.1, 0.15) is 0 Å². The molecule has 1 amide bonds. The first-order valence-electron chi connectivity index (χ1n) is 7.10. The van der Waals surface area contributed by atoms with E-state index in [2.05, 4.69) is 17.9 Å². The van der Waals surface area contributed by atoms with Gasteiger partial charge in [-0.05, 0) is 19.1 Å². The number of hydrogen-bond acceptors (Lipinski definition) is 4. The molecule has 0 aromatic heterocycles. The Morgan fingerprint density at radius 2 is 2.25 bits per heavy atom. The molecule has 5 heteroatoms. The molecule has 3 rings (SSSR count). The van der Waals surface area contributed by atoms with Gasteiger partial charge in [-0.15, -0.1) is 11.8 Å². The van der Waals surface area contributed by atoms with E-state index in [1.54, 1.807) is 0 Å². The number of carbonyl (C=O) groups is 1. The van der Waals surface area contributed by atoms with E-state index in [1.165, 1.54) is 4.90 Å². The van der Waals surface area contributed by atoms with Crippen LogP contribution in [0.2, 0.25) is 0 Å². The first-order chi connectivity index (χ1) is 9.74. The van der Waals surface area contributed by atoms with Crippen molar-refractivity contribution in [2.24, 2.45) is 0 Å². The van der Waals surface area contributed by atoms with E-state index in [-0.39, 0.29) is 12.0 Å². The van der Waals surface area contributed by atoms with E-state index in [1.807, 2.05) is 34.9 Å². The standard InChI is InChI=1S/C15H20N2O2S/c1-12-10-16(6-8-19-12)11-15(18)17-7-9-20-14-5-3-2-4-13(14)17/h2-5,12H,6-11H2,1H3. The van der Waals surface area contributed by atoms with E-state index >= 15 is 0 Å². The highest BCUT2D eigenvalue weighted by Gasteiger charge is 2.25. The van der Waals surface area contributed by atoms with E-state index < -0.39 is 0 Å². The summed E-state index contributed by atoms with van der Waals surface area (Å²) >= 11 is 1.83. The number of ether oxygens (including phenoxy) is 1. The van der Waals surface area contributed by atoms with Crippen LogP contribution in [0.25, 0.3) is 0 Å². The van der Waals surface area contributed by atoms with E-state index in [4.69, 9.17) is 4.74 Å². The Morgan fingerprint density at radius 3 is 3.10 bits per heavy atom. The monoisotopic (exact) mass is 292 g/mol. The van der Waals surface area contributed by atoms with Gasteiger partial charge in [-0.2, -0.15) is 0 Å². The minimum Gasteiger partial charge on any atom is -0.376 e. The van der Waals surface area contributed by atoms with Crippen LogP contribution in [0.3, 0.4) is 0 Å². The number of rotatable bonds is 2. The molecule has 0 N–H and O–H groups in total. The normalized spacial score (nSPS) is 23.4. The SMILES string of the molecule is CC1CN(CC(=O)N2CCSc3ccccc32)CCO1. The van der Waals surface area contributed by atoms with Crippen molar-refractivity contribution >= 4 is 23.4 Å². The summed E-state index contributed by atoms with van der Waals surface area (Å²) in [5, 5.41) is 0. The molecular weight excluding hydrogens is 272 g/mol. The van der Waals surface area contributed by atoms with E-state index in [0.29, 0.717) is 6.54 Å². The van der Waals surface area contributed by atoms with Gasteiger partial charge >= 0.3 is 0 Å². The summed E-state index contributed by atoms with van der Waals surface area (Å²) in [6.45, 7) is 5.77. The largest absolute Gasteiger partial charge is 0.376 e. The fourth-order valence-electron chi connectivity index (χ4n) is 2.74. The molecule has 2 aliphatic rings. The van der Waals surface area contributed by atoms with Crippen molar-refractivity contribution in [2.75, 3.05) is 43.4 Å². The fourth-order valence-corrected chi connectivity index (χ4v) is 3.73. The molecule has 0 saturated carbocycles. The fraction of sp³-hybridized carbons (Fsp3) is 0.533. The summed E-state index contributed by atoms with van der Waals surface area (Å²) in [6, 6.07) is 8.17. The minimum absolute atomic E-state index is 0.201. The second kappa shape index (κ2) is 6.16. The van der Waals surface area contributed by atoms with Crippen molar-refractivity contribution in [3.63, 3.8) is 0 Å². The average molecular weight is 292 g/mol. The molecule has 1 saturated heterocycles. The summed E-state index contributed by atoms with van der Waals surface area (Å²) in [6.07, 6.45) is 0.223. The van der Waals surface area contributed by atoms with Gasteiger partial charge in [0.2, 0.25) is 5.91 Å². The molecule has 108 valence electrons. The summed E-state index contributed by atoms with van der Waals surface area (Å²) in [7, 11) is 0. The van der Waals surface area contributed by atoms with E-state index in [0.717, 1.165) is 37.7 Å². The van der Waals surface area contributed by atoms with Crippen molar-refractivity contribution in [2.45, 2.75) is 17.9 Å². The molecule has 20 heavy (non-hydrogen) atoms. The lowest BCUT2D eigenvalue weighted by atomic mass is 10.2. The molecule has 2 heterocycles. The third-order valence-corrected chi connectivity index (χ3v) is 4.76. The molecule has 0 bridgehead atoms. The van der Waals surface area contributed by atoms with Gasteiger partial charge in [-0.25, -0.2) is 0 Å². The first kappa shape index (κ1) is 13.9. The number of carbonyl (C=O) groups excluding carboxylic acids is 1. The predicted octanol–water partition coefficient (Wildman–Crippen LogP) is 1.85. The van der Waals surface area contributed by atoms with Crippen LogP contribution in [-0.2, 0) is 9.53 Å². The topological polar surface area (TPSA) is 32.8 Å². The van der Waals surface area contributed by atoms with Crippen molar-refractivity contribution in [3.8, 4) is 0 Å². The molecule has 0 aliphatic carbocycles. The van der Waals surface area contributed by atoms with Gasteiger partial charge in [0.05, 0.1) is 24.9 Å². The average Bonchev–Trinajstić information content (AvgIpc) is 2.46. The van der Waals surface area contributed by atoms with Crippen LogP contribution in [0, 0.1) is 0 Å². The zero-order valence-electron chi connectivity index (χ0n) is 11.7. The van der Waals surface area contributed by atoms with Crippen LogP contribution in [0.15, 0.2) is 29.2 Å². The number of para-hydroxylation sites is 1. The summed E-state index contributed by atoms with van der Waals surface area (Å²) in [5.41, 5.74) is 1.06. The third kappa shape index (κ3) is 3.00. The lowest BCUT2D eigenvalue weighted by molar-refractivity contribution is -0.121. The van der Waals surface area contributed by atoms with Crippen molar-refractivity contribution in [3.05, 3.63) is 24.3 Å². The van der Waals surface area contributed by atoms with Crippen LogP contribution in [0.4, 0.5) is 5.69 Å². The number of fused-ring (bicyclic) bond motifs is 1. The molecule has 2 aliphatic heterocycles. The maximum absolute atomic E-state index is 12.6. The summed E-state index contributed by atoms with van der Waals surface area (Å²) < 4.78 is 5.52. The third-order valence-electron chi connectivity index (χ3n) is 3.71. The maximum atomic E-state index is 12.6. The highest BCUT2D eigenvalue weighted by atomic mass is 32.2. The lowest BCUT2D eigenvalue weighted by Gasteiger charge is -2.34. The Hall–Kier alpha value is -1.04. The molecule has 1 unspecified atom stereocenters. The van der Waals surface area contributed by atoms with Crippen LogP contribution in [-0.4, -0.2) is 55.4 Å². The highest BCUT2D eigenvalue weighted by molar-refractivity contribution is 7.99. The second-order valence-electron chi connectivity index (χ2n) is 5.28. The molecule has 0 spiro atoms. The molecule has 1 fully saturated rings. The van der Waals surface area contributed by atoms with E-state index in [9.17, 15) is 4.79 Å². The maximum Gasteiger partial charge on any atom is 0.241 e. The van der Waals surface area contributed by atoms with Gasteiger partial charge in [0.25, 0.3) is 0 Å². The molecule has 1 aromatic carbocycles. The first-order valence-corrected chi connectivity index (χ1v) is 8.09. The number of benzene rings is 1. The Balaban J connectivity index is 1.69. The lowest BCUT2D eigenvalue weighted by Crippen LogP contribution is -2.48. The van der Waals surface area contributed by atoms with Crippen molar-refractivity contribution in [1.29, 1.82) is 0 Å². The molecule has 4 nitrogen and oxygen atoms in total. The van der Waals surface area contributed by atoms with Gasteiger partial charge in [0.15, 0.2) is 0 Å². The Labute approximate surface area is 124 Å². The number of anilines is 1. The second-order valence-corrected chi connectivity index (χ2v) is 6.41. The summed E-state index contributed by atoms with van der Waals surface area (Å²) in [4.78, 5) is 17.9. The molecular formula is C15H20N2O2S. The predicted molar refractivity (Wildman–Crippen MR) is 81.4 cm³/mol. The zero-order chi connectivity index (χ0) is 13.9. The number of amides is 1. The molecule has 1 aromatic rings. The van der Waals surface area contributed by atoms with Crippen LogP contribution in [0.1, 0.15) is 6.92 Å². The quantitative estimate of drug-likeness (QED) is 0.833. The Bertz CT molecular complexity index is 495. The molecule has 1 atom stereocenters. The zero-order valence-corrected chi connectivity index (χ0v) is 12.6. The van der Waals surface area contributed by atoms with Crippen LogP contribution in [0.5, 0.6) is 0 Å². The van der Waals surface area contributed by atoms with Gasteiger partial charge in [0, 0.05) is 30.3 Å². The minimum atomic E-state index is 0.201. The highest BCUT2D eigenvalue weighted by Crippen LogP contribution is 2.34. The van der Waals surface area contributed by atoms with Gasteiger partial charge in [-0.1, -0.05) is 12.1 Å². The number of hydrogen-bond donors (Lipinski definition) is 0. The number of thioether (sulfide) groups is 1. The van der Waals surface area contributed by atoms with Crippen molar-refractivity contribution < 1.29 is 9.53 Å². The number of morpholine rings is 1. The van der Waals surface area contributed by atoms with Crippen LogP contribution < -0.4 is 4.90 Å². The summed E-state index contributed by atoms with van der Waals surface area (Å²) in [5.74, 6) is 1.18. The number of nitrogens with zero attached hydrogens (tertiary/aromatic N) is 2. The Kier molecular flexibility index (Phi) is 4.29. The smallest absolute Gasteiger partial charge is 0.241 e. The van der Waals surface area contributed by atoms with Crippen LogP contribution >= 0.6 is 11.8 Å². The molecule has 0 radical (unpaired) electrons.